The lowest BCUT2D eigenvalue weighted by molar-refractivity contribution is -0.117. The summed E-state index contributed by atoms with van der Waals surface area (Å²) in [6.45, 7) is 3.78. The zero-order chi connectivity index (χ0) is 25.9. The van der Waals surface area contributed by atoms with Crippen LogP contribution in [0.3, 0.4) is 0 Å². The van der Waals surface area contributed by atoms with Gasteiger partial charge in [-0.2, -0.15) is 0 Å². The summed E-state index contributed by atoms with van der Waals surface area (Å²) in [5.74, 6) is -0.182. The minimum atomic E-state index is -0.259. The number of benzene rings is 2. The third-order valence-electron chi connectivity index (χ3n) is 6.96. The number of hydrogen-bond donors (Lipinski definition) is 2. The Labute approximate surface area is 229 Å². The smallest absolute Gasteiger partial charge is 0.261 e. The number of carbonyl (C=O) groups excluding carboxylic acids is 3. The Morgan fingerprint density at radius 3 is 2.65 bits per heavy atom. The number of rotatable bonds is 7. The fourth-order valence-corrected chi connectivity index (χ4v) is 6.35. The van der Waals surface area contributed by atoms with Crippen molar-refractivity contribution in [3.05, 3.63) is 80.5 Å². The molecule has 2 atom stereocenters. The molecule has 3 heterocycles. The van der Waals surface area contributed by atoms with E-state index in [1.54, 1.807) is 11.0 Å². The van der Waals surface area contributed by atoms with E-state index < -0.39 is 0 Å². The lowest BCUT2D eigenvalue weighted by atomic mass is 10.1. The van der Waals surface area contributed by atoms with Crippen LogP contribution in [-0.2, 0) is 4.79 Å². The summed E-state index contributed by atoms with van der Waals surface area (Å²) in [6.07, 6.45) is 2.21. The average molecular weight is 582 g/mol. The molecule has 2 aliphatic rings. The predicted octanol–water partition coefficient (Wildman–Crippen LogP) is 5.07. The highest BCUT2D eigenvalue weighted by atomic mass is 79.9. The molecule has 0 bridgehead atoms. The zero-order valence-electron chi connectivity index (χ0n) is 20.6. The second-order valence-corrected chi connectivity index (χ2v) is 12.0. The molecule has 9 heteroatoms. The second-order valence-electron chi connectivity index (χ2n) is 9.52. The lowest BCUT2D eigenvalue weighted by Crippen LogP contribution is -2.40. The Balaban J connectivity index is 1.23. The largest absolute Gasteiger partial charge is 0.383 e. The summed E-state index contributed by atoms with van der Waals surface area (Å²) in [5, 5.41) is 6.42. The van der Waals surface area contributed by atoms with Crippen LogP contribution in [0.5, 0.6) is 0 Å². The van der Waals surface area contributed by atoms with E-state index in [1.165, 1.54) is 11.3 Å². The Morgan fingerprint density at radius 2 is 1.92 bits per heavy atom. The highest BCUT2D eigenvalue weighted by molar-refractivity contribution is 9.11. The van der Waals surface area contributed by atoms with Crippen LogP contribution in [0, 0.1) is 6.92 Å². The van der Waals surface area contributed by atoms with Crippen molar-refractivity contribution in [2.45, 2.75) is 38.3 Å². The highest BCUT2D eigenvalue weighted by Gasteiger charge is 2.33. The van der Waals surface area contributed by atoms with Gasteiger partial charge in [-0.15, -0.1) is 11.3 Å². The normalized spacial score (nSPS) is 19.4. The molecule has 2 fully saturated rings. The number of thiophene rings is 1. The molecule has 0 saturated carbocycles. The Hall–Kier alpha value is -3.17. The van der Waals surface area contributed by atoms with E-state index in [4.69, 9.17) is 0 Å². The predicted molar refractivity (Wildman–Crippen MR) is 150 cm³/mol. The summed E-state index contributed by atoms with van der Waals surface area (Å²) in [5.41, 5.74) is 3.30. The minimum Gasteiger partial charge on any atom is -0.383 e. The molecule has 3 aromatic rings. The van der Waals surface area contributed by atoms with Gasteiger partial charge < -0.3 is 20.4 Å². The maximum Gasteiger partial charge on any atom is 0.261 e. The molecular weight excluding hydrogens is 552 g/mol. The summed E-state index contributed by atoms with van der Waals surface area (Å²) >= 11 is 4.74. The van der Waals surface area contributed by atoms with E-state index >= 15 is 0 Å². The Morgan fingerprint density at radius 1 is 1.11 bits per heavy atom. The molecule has 2 aromatic carbocycles. The molecule has 192 valence electrons. The number of likely N-dealkylation sites (tertiary alicyclic amines) is 1. The van der Waals surface area contributed by atoms with Crippen LogP contribution in [0.25, 0.3) is 0 Å². The van der Waals surface area contributed by atoms with Gasteiger partial charge in [0.25, 0.3) is 11.8 Å². The molecule has 0 spiro atoms. The number of carbonyl (C=O) groups is 3. The van der Waals surface area contributed by atoms with Gasteiger partial charge in [-0.05, 0) is 83.7 Å². The summed E-state index contributed by atoms with van der Waals surface area (Å²) in [6, 6.07) is 19.1. The number of nitrogens with zero attached hydrogens (tertiary/aromatic N) is 2. The molecule has 0 radical (unpaired) electrons. The van der Waals surface area contributed by atoms with Crippen LogP contribution < -0.4 is 15.5 Å². The van der Waals surface area contributed by atoms with E-state index in [9.17, 15) is 14.4 Å². The number of hydrogen-bond acceptors (Lipinski definition) is 5. The molecule has 2 saturated heterocycles. The number of nitrogens with one attached hydrogen (secondary N) is 2. The maximum atomic E-state index is 13.5. The van der Waals surface area contributed by atoms with Gasteiger partial charge in [0.05, 0.1) is 14.7 Å². The summed E-state index contributed by atoms with van der Waals surface area (Å²) in [4.78, 5) is 43.0. The molecule has 5 rings (SSSR count). The first kappa shape index (κ1) is 25.5. The number of amides is 3. The molecule has 2 N–H and O–H groups in total. The third-order valence-corrected chi connectivity index (χ3v) is 8.59. The van der Waals surface area contributed by atoms with Crippen molar-refractivity contribution < 1.29 is 14.4 Å². The molecule has 3 amide bonds. The van der Waals surface area contributed by atoms with Gasteiger partial charge >= 0.3 is 0 Å². The molecule has 0 aliphatic carbocycles. The van der Waals surface area contributed by atoms with Gasteiger partial charge in [-0.3, -0.25) is 14.4 Å². The van der Waals surface area contributed by atoms with Crippen molar-refractivity contribution in [1.29, 1.82) is 0 Å². The quantitative estimate of drug-likeness (QED) is 0.408. The van der Waals surface area contributed by atoms with E-state index in [0.717, 1.165) is 40.1 Å². The SMILES string of the molecule is Cc1cc(N2CC(NC(=O)c3ccc(Br)s3)CC2=O)ccc1C(=O)N1CCC[C@@H]1CNc1ccccc1. The van der Waals surface area contributed by atoms with Gasteiger partial charge in [0.2, 0.25) is 5.91 Å². The summed E-state index contributed by atoms with van der Waals surface area (Å²) < 4.78 is 0.889. The van der Waals surface area contributed by atoms with Crippen LogP contribution in [-0.4, -0.2) is 54.3 Å². The van der Waals surface area contributed by atoms with Crippen molar-refractivity contribution in [3.8, 4) is 0 Å². The van der Waals surface area contributed by atoms with Gasteiger partial charge in [0.15, 0.2) is 0 Å². The molecule has 7 nitrogen and oxygen atoms in total. The van der Waals surface area contributed by atoms with Crippen molar-refractivity contribution in [3.63, 3.8) is 0 Å². The number of halogens is 1. The van der Waals surface area contributed by atoms with Crippen molar-refractivity contribution in [1.82, 2.24) is 10.2 Å². The third kappa shape index (κ3) is 5.72. The van der Waals surface area contributed by atoms with E-state index in [-0.39, 0.29) is 36.2 Å². The first-order chi connectivity index (χ1) is 17.9. The number of anilines is 2. The number of para-hydroxylation sites is 1. The highest BCUT2D eigenvalue weighted by Crippen LogP contribution is 2.28. The van der Waals surface area contributed by atoms with Crippen molar-refractivity contribution in [2.75, 3.05) is 29.9 Å². The summed E-state index contributed by atoms with van der Waals surface area (Å²) in [7, 11) is 0. The Bertz CT molecular complexity index is 1310. The second kappa shape index (κ2) is 11.1. The molecule has 1 aromatic heterocycles. The molecule has 2 aliphatic heterocycles. The lowest BCUT2D eigenvalue weighted by Gasteiger charge is -2.26. The standard InChI is InChI=1S/C28H29BrN4O3S/c1-18-14-21(33-17-20(15-26(33)34)31-27(35)24-11-12-25(29)37-24)9-10-23(18)28(36)32-13-5-8-22(32)16-30-19-6-3-2-4-7-19/h2-4,6-7,9-12,14,20,22,30H,5,8,13,15-17H2,1H3,(H,31,35)/t20?,22-/m1/s1. The monoisotopic (exact) mass is 580 g/mol. The van der Waals surface area contributed by atoms with Crippen molar-refractivity contribution in [2.24, 2.45) is 0 Å². The average Bonchev–Trinajstić information content (AvgIpc) is 3.63. The minimum absolute atomic E-state index is 0.0291. The van der Waals surface area contributed by atoms with Crippen LogP contribution in [0.15, 0.2) is 64.5 Å². The fourth-order valence-electron chi connectivity index (χ4n) is 5.06. The van der Waals surface area contributed by atoms with Crippen molar-refractivity contribution >= 4 is 56.4 Å². The molecular formula is C28H29BrN4O3S. The van der Waals surface area contributed by atoms with Gasteiger partial charge in [-0.1, -0.05) is 18.2 Å². The van der Waals surface area contributed by atoms with Gasteiger partial charge in [-0.25, -0.2) is 0 Å². The molecule has 1 unspecified atom stereocenters. The van der Waals surface area contributed by atoms with Crippen LogP contribution in [0.4, 0.5) is 11.4 Å². The molecule has 37 heavy (non-hydrogen) atoms. The van der Waals surface area contributed by atoms with E-state index in [2.05, 4.69) is 26.6 Å². The maximum absolute atomic E-state index is 13.5. The van der Waals surface area contributed by atoms with E-state index in [0.29, 0.717) is 23.5 Å². The first-order valence-corrected chi connectivity index (χ1v) is 14.1. The van der Waals surface area contributed by atoms with Crippen LogP contribution in [0.1, 0.15) is 44.9 Å². The van der Waals surface area contributed by atoms with E-state index in [1.807, 2.05) is 66.4 Å². The van der Waals surface area contributed by atoms with Crippen LogP contribution >= 0.6 is 27.3 Å². The van der Waals surface area contributed by atoms with Gasteiger partial charge in [0, 0.05) is 49.0 Å². The first-order valence-electron chi connectivity index (χ1n) is 12.5. The number of aryl methyl sites for hydroxylation is 1. The van der Waals surface area contributed by atoms with Gasteiger partial charge in [0.1, 0.15) is 0 Å². The fraction of sp³-hybridized carbons (Fsp3) is 0.321. The van der Waals surface area contributed by atoms with Crippen LogP contribution in [0.2, 0.25) is 0 Å². The Kier molecular flexibility index (Phi) is 7.62. The topological polar surface area (TPSA) is 81.8 Å². The zero-order valence-corrected chi connectivity index (χ0v) is 23.0.